The Hall–Kier alpha value is -1.80. The van der Waals surface area contributed by atoms with Crippen LogP contribution in [0, 0.1) is 6.92 Å². The average molecular weight is 227 g/mol. The molecular weight excluding hydrogens is 210 g/mol. The summed E-state index contributed by atoms with van der Waals surface area (Å²) >= 11 is 0. The van der Waals surface area contributed by atoms with Crippen molar-refractivity contribution in [1.82, 2.24) is 0 Å². The van der Waals surface area contributed by atoms with Gasteiger partial charge in [-0.25, -0.2) is 0 Å². The molecule has 0 heterocycles. The molecule has 0 radical (unpaired) electrons. The van der Waals surface area contributed by atoms with Gasteiger partial charge >= 0.3 is 0 Å². The summed E-state index contributed by atoms with van der Waals surface area (Å²) in [6.07, 6.45) is 0. The van der Waals surface area contributed by atoms with Crippen molar-refractivity contribution in [3.8, 4) is 16.9 Å². The average Bonchev–Trinajstić information content (AvgIpc) is 2.39. The van der Waals surface area contributed by atoms with Gasteiger partial charge in [0.15, 0.2) is 0 Å². The Morgan fingerprint density at radius 1 is 1.00 bits per heavy atom. The normalized spacial score (nSPS) is 10.3. The molecule has 0 unspecified atom stereocenters. The van der Waals surface area contributed by atoms with Crippen molar-refractivity contribution >= 4 is 0 Å². The van der Waals surface area contributed by atoms with Gasteiger partial charge in [0, 0.05) is 6.54 Å². The Morgan fingerprint density at radius 3 is 2.18 bits per heavy atom. The summed E-state index contributed by atoms with van der Waals surface area (Å²) in [4.78, 5) is 0. The molecule has 0 aliphatic carbocycles. The quantitative estimate of drug-likeness (QED) is 0.874. The fourth-order valence-electron chi connectivity index (χ4n) is 1.89. The molecule has 0 aliphatic heterocycles. The lowest BCUT2D eigenvalue weighted by atomic mass is 10.0. The molecule has 2 rings (SSSR count). The third-order valence-corrected chi connectivity index (χ3v) is 2.92. The van der Waals surface area contributed by atoms with Gasteiger partial charge < -0.3 is 10.5 Å². The highest BCUT2D eigenvalue weighted by Crippen LogP contribution is 2.26. The predicted octanol–water partition coefficient (Wildman–Crippen LogP) is 3.13. The van der Waals surface area contributed by atoms with Gasteiger partial charge in [-0.2, -0.15) is 0 Å². The number of hydrogen-bond acceptors (Lipinski definition) is 2. The number of hydrogen-bond donors (Lipinski definition) is 1. The summed E-state index contributed by atoms with van der Waals surface area (Å²) in [6.45, 7) is 2.64. The number of rotatable bonds is 3. The molecule has 88 valence electrons. The van der Waals surface area contributed by atoms with Gasteiger partial charge in [-0.1, -0.05) is 30.3 Å². The molecule has 0 aromatic heterocycles. The van der Waals surface area contributed by atoms with Crippen LogP contribution in [0.25, 0.3) is 11.1 Å². The van der Waals surface area contributed by atoms with Crippen LogP contribution < -0.4 is 10.5 Å². The molecule has 2 nitrogen and oxygen atoms in total. The molecule has 0 spiro atoms. The lowest BCUT2D eigenvalue weighted by Crippen LogP contribution is -1.95. The molecule has 0 amide bonds. The molecular formula is C15H17NO. The van der Waals surface area contributed by atoms with Crippen LogP contribution in [-0.2, 0) is 6.54 Å². The van der Waals surface area contributed by atoms with Crippen LogP contribution in [0.1, 0.15) is 11.1 Å². The Labute approximate surface area is 102 Å². The van der Waals surface area contributed by atoms with E-state index in [1.807, 2.05) is 6.07 Å². The Bertz CT molecular complexity index is 503. The first-order valence-electron chi connectivity index (χ1n) is 5.68. The number of methoxy groups -OCH3 is 1. The maximum absolute atomic E-state index is 5.58. The monoisotopic (exact) mass is 227 g/mol. The second-order valence-corrected chi connectivity index (χ2v) is 4.09. The lowest BCUT2D eigenvalue weighted by molar-refractivity contribution is 0.412. The van der Waals surface area contributed by atoms with E-state index in [9.17, 15) is 0 Å². The van der Waals surface area contributed by atoms with Crippen LogP contribution in [-0.4, -0.2) is 7.11 Å². The SMILES string of the molecule is COc1ccc(-c2ccc(CN)cc2)cc1C. The molecule has 0 aliphatic rings. The standard InChI is InChI=1S/C15H17NO/c1-11-9-14(7-8-15(11)17-2)13-5-3-12(10-16)4-6-13/h3-9H,10,16H2,1-2H3. The maximum Gasteiger partial charge on any atom is 0.121 e. The minimum absolute atomic E-state index is 0.585. The van der Waals surface area contributed by atoms with Crippen LogP contribution in [0.4, 0.5) is 0 Å². The summed E-state index contributed by atoms with van der Waals surface area (Å²) in [5, 5.41) is 0. The summed E-state index contributed by atoms with van der Waals surface area (Å²) in [5.74, 6) is 0.923. The zero-order chi connectivity index (χ0) is 12.3. The van der Waals surface area contributed by atoms with Crippen LogP contribution >= 0.6 is 0 Å². The van der Waals surface area contributed by atoms with E-state index < -0.39 is 0 Å². The Balaban J connectivity index is 2.35. The second-order valence-electron chi connectivity index (χ2n) is 4.09. The number of aryl methyl sites for hydroxylation is 1. The fourth-order valence-corrected chi connectivity index (χ4v) is 1.89. The highest BCUT2D eigenvalue weighted by Gasteiger charge is 2.02. The number of ether oxygens (including phenoxy) is 1. The molecule has 2 aromatic rings. The van der Waals surface area contributed by atoms with Gasteiger partial charge in [-0.3, -0.25) is 0 Å². The van der Waals surface area contributed by atoms with Crippen molar-refractivity contribution in [1.29, 1.82) is 0 Å². The predicted molar refractivity (Wildman–Crippen MR) is 71.1 cm³/mol. The van der Waals surface area contributed by atoms with Gasteiger partial charge in [0.25, 0.3) is 0 Å². The zero-order valence-corrected chi connectivity index (χ0v) is 10.2. The van der Waals surface area contributed by atoms with E-state index in [-0.39, 0.29) is 0 Å². The van der Waals surface area contributed by atoms with E-state index in [2.05, 4.69) is 43.3 Å². The number of nitrogens with two attached hydrogens (primary N) is 1. The lowest BCUT2D eigenvalue weighted by Gasteiger charge is -2.08. The topological polar surface area (TPSA) is 35.2 Å². The van der Waals surface area contributed by atoms with Crippen molar-refractivity contribution in [3.63, 3.8) is 0 Å². The first kappa shape index (κ1) is 11.7. The fraction of sp³-hybridized carbons (Fsp3) is 0.200. The highest BCUT2D eigenvalue weighted by atomic mass is 16.5. The van der Waals surface area contributed by atoms with Crippen molar-refractivity contribution in [2.24, 2.45) is 5.73 Å². The third kappa shape index (κ3) is 2.48. The minimum Gasteiger partial charge on any atom is -0.496 e. The molecule has 0 saturated heterocycles. The summed E-state index contributed by atoms with van der Waals surface area (Å²) in [7, 11) is 1.69. The smallest absolute Gasteiger partial charge is 0.121 e. The van der Waals surface area contributed by atoms with E-state index in [1.54, 1.807) is 7.11 Å². The Morgan fingerprint density at radius 2 is 1.65 bits per heavy atom. The van der Waals surface area contributed by atoms with Gasteiger partial charge in [0.2, 0.25) is 0 Å². The first-order chi connectivity index (χ1) is 8.24. The second kappa shape index (κ2) is 5.02. The van der Waals surface area contributed by atoms with Crippen molar-refractivity contribution < 1.29 is 4.74 Å². The molecule has 0 atom stereocenters. The molecule has 0 saturated carbocycles. The van der Waals surface area contributed by atoms with Crippen LogP contribution in [0.15, 0.2) is 42.5 Å². The van der Waals surface area contributed by atoms with E-state index in [1.165, 1.54) is 11.1 Å². The van der Waals surface area contributed by atoms with Crippen LogP contribution in [0.5, 0.6) is 5.75 Å². The van der Waals surface area contributed by atoms with Gasteiger partial charge in [-0.05, 0) is 41.3 Å². The largest absolute Gasteiger partial charge is 0.496 e. The van der Waals surface area contributed by atoms with Crippen molar-refractivity contribution in [3.05, 3.63) is 53.6 Å². The molecule has 0 bridgehead atoms. The van der Waals surface area contributed by atoms with Crippen molar-refractivity contribution in [2.45, 2.75) is 13.5 Å². The van der Waals surface area contributed by atoms with Gasteiger partial charge in [0.1, 0.15) is 5.75 Å². The van der Waals surface area contributed by atoms with Crippen molar-refractivity contribution in [2.75, 3.05) is 7.11 Å². The molecule has 2 N–H and O–H groups in total. The number of benzene rings is 2. The van der Waals surface area contributed by atoms with Gasteiger partial charge in [-0.15, -0.1) is 0 Å². The van der Waals surface area contributed by atoms with E-state index in [0.29, 0.717) is 6.54 Å². The minimum atomic E-state index is 0.585. The van der Waals surface area contributed by atoms with E-state index in [0.717, 1.165) is 16.9 Å². The third-order valence-electron chi connectivity index (χ3n) is 2.92. The van der Waals surface area contributed by atoms with Crippen LogP contribution in [0.2, 0.25) is 0 Å². The first-order valence-corrected chi connectivity index (χ1v) is 5.68. The highest BCUT2D eigenvalue weighted by molar-refractivity contribution is 5.65. The molecule has 2 aromatic carbocycles. The molecule has 2 heteroatoms. The molecule has 0 fully saturated rings. The van der Waals surface area contributed by atoms with E-state index in [4.69, 9.17) is 10.5 Å². The van der Waals surface area contributed by atoms with Gasteiger partial charge in [0.05, 0.1) is 7.11 Å². The summed E-state index contributed by atoms with van der Waals surface area (Å²) < 4.78 is 5.26. The maximum atomic E-state index is 5.58. The summed E-state index contributed by atoms with van der Waals surface area (Å²) in [6, 6.07) is 14.5. The molecule has 17 heavy (non-hydrogen) atoms. The summed E-state index contributed by atoms with van der Waals surface area (Å²) in [5.41, 5.74) is 10.3. The Kier molecular flexibility index (Phi) is 3.45. The van der Waals surface area contributed by atoms with Crippen LogP contribution in [0.3, 0.4) is 0 Å². The zero-order valence-electron chi connectivity index (χ0n) is 10.2. The van der Waals surface area contributed by atoms with E-state index >= 15 is 0 Å².